The van der Waals surface area contributed by atoms with E-state index in [0.29, 0.717) is 19.5 Å². The average Bonchev–Trinajstić information content (AvgIpc) is 2.91. The number of esters is 1. The van der Waals surface area contributed by atoms with Crippen molar-refractivity contribution in [1.29, 1.82) is 0 Å². The normalized spacial score (nSPS) is 19.0. The van der Waals surface area contributed by atoms with Crippen molar-refractivity contribution >= 4 is 18.0 Å². The standard InChI is InChI=1S/C20H36N2O5/c1-13(2)15(17(24)26-19(3,4)5)21(9)16(23)14-10-11-22(12-14)18(25)27-20(6,7)8/h13-15H,10-12H2,1-9H3. The van der Waals surface area contributed by atoms with E-state index in [1.54, 1.807) is 32.7 Å². The van der Waals surface area contributed by atoms with E-state index in [9.17, 15) is 14.4 Å². The van der Waals surface area contributed by atoms with Gasteiger partial charge >= 0.3 is 12.1 Å². The predicted molar refractivity (Wildman–Crippen MR) is 103 cm³/mol. The molecule has 1 aliphatic rings. The van der Waals surface area contributed by atoms with Crippen LogP contribution in [0.2, 0.25) is 0 Å². The number of ether oxygens (including phenoxy) is 2. The number of carbonyl (C=O) groups is 3. The summed E-state index contributed by atoms with van der Waals surface area (Å²) in [6.07, 6.45) is 0.148. The Kier molecular flexibility index (Phi) is 7.30. The van der Waals surface area contributed by atoms with Crippen LogP contribution in [0.4, 0.5) is 4.79 Å². The minimum absolute atomic E-state index is 0.0860. The van der Waals surface area contributed by atoms with Crippen molar-refractivity contribution in [2.24, 2.45) is 11.8 Å². The molecule has 1 aliphatic heterocycles. The summed E-state index contributed by atoms with van der Waals surface area (Å²) in [5.41, 5.74) is -1.19. The third-order valence-electron chi connectivity index (χ3n) is 4.23. The molecule has 1 rings (SSSR count). The van der Waals surface area contributed by atoms with Crippen molar-refractivity contribution in [3.05, 3.63) is 0 Å². The number of rotatable bonds is 4. The maximum absolute atomic E-state index is 13.0. The van der Waals surface area contributed by atoms with Gasteiger partial charge in [-0.05, 0) is 53.9 Å². The van der Waals surface area contributed by atoms with Crippen LogP contribution in [0.3, 0.4) is 0 Å². The molecule has 7 heteroatoms. The van der Waals surface area contributed by atoms with Crippen molar-refractivity contribution in [2.45, 2.75) is 79.1 Å². The fraction of sp³-hybridized carbons (Fsp3) is 0.850. The van der Waals surface area contributed by atoms with Crippen molar-refractivity contribution in [1.82, 2.24) is 9.80 Å². The lowest BCUT2D eigenvalue weighted by Gasteiger charge is -2.33. The molecule has 1 heterocycles. The summed E-state index contributed by atoms with van der Waals surface area (Å²) in [7, 11) is 1.63. The molecular formula is C20H36N2O5. The first-order valence-corrected chi connectivity index (χ1v) is 9.60. The van der Waals surface area contributed by atoms with Crippen LogP contribution in [-0.2, 0) is 19.1 Å². The SMILES string of the molecule is CC(C)C(C(=O)OC(C)(C)C)N(C)C(=O)C1CCN(C(=O)OC(C)(C)C)C1. The van der Waals surface area contributed by atoms with Gasteiger partial charge in [0, 0.05) is 20.1 Å². The van der Waals surface area contributed by atoms with Crippen molar-refractivity contribution in [3.8, 4) is 0 Å². The van der Waals surface area contributed by atoms with Crippen LogP contribution in [0, 0.1) is 11.8 Å². The Bertz CT molecular complexity index is 560. The molecular weight excluding hydrogens is 348 g/mol. The minimum Gasteiger partial charge on any atom is -0.458 e. The van der Waals surface area contributed by atoms with E-state index < -0.39 is 29.3 Å². The van der Waals surface area contributed by atoms with Gasteiger partial charge in [-0.15, -0.1) is 0 Å². The average molecular weight is 385 g/mol. The number of hydrogen-bond donors (Lipinski definition) is 0. The Balaban J connectivity index is 2.79. The summed E-state index contributed by atoms with van der Waals surface area (Å²) < 4.78 is 10.9. The molecule has 1 fully saturated rings. The van der Waals surface area contributed by atoms with Crippen LogP contribution >= 0.6 is 0 Å². The highest BCUT2D eigenvalue weighted by molar-refractivity contribution is 5.86. The number of carbonyl (C=O) groups excluding carboxylic acids is 3. The molecule has 0 spiro atoms. The molecule has 0 aromatic heterocycles. The first-order valence-electron chi connectivity index (χ1n) is 9.60. The van der Waals surface area contributed by atoms with Crippen molar-refractivity contribution < 1.29 is 23.9 Å². The Labute approximate surface area is 163 Å². The van der Waals surface area contributed by atoms with E-state index in [1.807, 2.05) is 34.6 Å². The van der Waals surface area contributed by atoms with E-state index >= 15 is 0 Å². The molecule has 0 aliphatic carbocycles. The Morgan fingerprint density at radius 3 is 1.96 bits per heavy atom. The van der Waals surface area contributed by atoms with Crippen LogP contribution in [0.15, 0.2) is 0 Å². The Morgan fingerprint density at radius 1 is 1.00 bits per heavy atom. The summed E-state index contributed by atoms with van der Waals surface area (Å²) in [6, 6.07) is -0.660. The summed E-state index contributed by atoms with van der Waals surface area (Å²) in [5, 5.41) is 0. The van der Waals surface area contributed by atoms with Crippen molar-refractivity contribution in [2.75, 3.05) is 20.1 Å². The molecule has 0 bridgehead atoms. The summed E-state index contributed by atoms with van der Waals surface area (Å²) >= 11 is 0. The molecule has 2 unspecified atom stereocenters. The van der Waals surface area contributed by atoms with E-state index in [1.165, 1.54) is 4.90 Å². The van der Waals surface area contributed by atoms with Gasteiger partial charge in [-0.1, -0.05) is 13.8 Å². The van der Waals surface area contributed by atoms with Crippen molar-refractivity contribution in [3.63, 3.8) is 0 Å². The highest BCUT2D eigenvalue weighted by Gasteiger charge is 2.39. The molecule has 156 valence electrons. The molecule has 0 radical (unpaired) electrons. The number of nitrogens with zero attached hydrogens (tertiary/aromatic N) is 2. The zero-order valence-electron chi connectivity index (χ0n) is 18.3. The highest BCUT2D eigenvalue weighted by Crippen LogP contribution is 2.24. The first kappa shape index (κ1) is 23.2. The molecule has 0 aromatic rings. The Morgan fingerprint density at radius 2 is 1.52 bits per heavy atom. The number of likely N-dealkylation sites (N-methyl/N-ethyl adjacent to an activating group) is 1. The van der Waals surface area contributed by atoms with Gasteiger partial charge in [0.2, 0.25) is 5.91 Å². The summed E-state index contributed by atoms with van der Waals surface area (Å²) in [6.45, 7) is 15.4. The quantitative estimate of drug-likeness (QED) is 0.696. The van der Waals surface area contributed by atoms with Gasteiger partial charge in [0.05, 0.1) is 5.92 Å². The molecule has 27 heavy (non-hydrogen) atoms. The molecule has 0 saturated carbocycles. The second-order valence-electron chi connectivity index (χ2n) is 9.58. The van der Waals surface area contributed by atoms with Gasteiger partial charge in [0.15, 0.2) is 0 Å². The first-order chi connectivity index (χ1) is 12.1. The number of likely N-dealkylation sites (tertiary alicyclic amines) is 1. The monoisotopic (exact) mass is 384 g/mol. The van der Waals surface area contributed by atoms with Crippen LogP contribution in [0.25, 0.3) is 0 Å². The number of amides is 2. The Hall–Kier alpha value is -1.79. The minimum atomic E-state index is -0.660. The highest BCUT2D eigenvalue weighted by atomic mass is 16.6. The molecule has 0 N–H and O–H groups in total. The van der Waals surface area contributed by atoms with E-state index in [0.717, 1.165) is 0 Å². The van der Waals surface area contributed by atoms with E-state index in [4.69, 9.17) is 9.47 Å². The van der Waals surface area contributed by atoms with E-state index in [-0.39, 0.29) is 17.7 Å². The van der Waals surface area contributed by atoms with Crippen LogP contribution in [0.5, 0.6) is 0 Å². The maximum atomic E-state index is 13.0. The van der Waals surface area contributed by atoms with Crippen LogP contribution in [-0.4, -0.2) is 65.2 Å². The molecule has 0 aromatic carbocycles. The van der Waals surface area contributed by atoms with Gasteiger partial charge in [-0.25, -0.2) is 9.59 Å². The van der Waals surface area contributed by atoms with Gasteiger partial charge in [-0.2, -0.15) is 0 Å². The van der Waals surface area contributed by atoms with Crippen LogP contribution in [0.1, 0.15) is 61.8 Å². The summed E-state index contributed by atoms with van der Waals surface area (Å²) in [5.74, 6) is -0.982. The third-order valence-corrected chi connectivity index (χ3v) is 4.23. The lowest BCUT2D eigenvalue weighted by atomic mass is 9.99. The smallest absolute Gasteiger partial charge is 0.410 e. The maximum Gasteiger partial charge on any atom is 0.410 e. The second kappa shape index (κ2) is 8.48. The lowest BCUT2D eigenvalue weighted by Crippen LogP contribution is -2.50. The predicted octanol–water partition coefficient (Wildman–Crippen LogP) is 3.07. The molecule has 2 amide bonds. The third kappa shape index (κ3) is 7.03. The van der Waals surface area contributed by atoms with Gasteiger partial charge < -0.3 is 19.3 Å². The lowest BCUT2D eigenvalue weighted by molar-refractivity contribution is -0.166. The summed E-state index contributed by atoms with van der Waals surface area (Å²) in [4.78, 5) is 40.8. The molecule has 2 atom stereocenters. The van der Waals surface area contributed by atoms with Gasteiger partial charge in [0.1, 0.15) is 17.2 Å². The topological polar surface area (TPSA) is 76.2 Å². The van der Waals surface area contributed by atoms with Gasteiger partial charge in [-0.3, -0.25) is 4.79 Å². The van der Waals surface area contributed by atoms with Gasteiger partial charge in [0.25, 0.3) is 0 Å². The number of hydrogen-bond acceptors (Lipinski definition) is 5. The fourth-order valence-corrected chi connectivity index (χ4v) is 3.12. The van der Waals surface area contributed by atoms with E-state index in [2.05, 4.69) is 0 Å². The van der Waals surface area contributed by atoms with Crippen LogP contribution < -0.4 is 0 Å². The largest absolute Gasteiger partial charge is 0.458 e. The zero-order valence-corrected chi connectivity index (χ0v) is 18.3. The molecule has 7 nitrogen and oxygen atoms in total. The fourth-order valence-electron chi connectivity index (χ4n) is 3.12. The second-order valence-corrected chi connectivity index (χ2v) is 9.58. The molecule has 1 saturated heterocycles. The zero-order chi connectivity index (χ0) is 21.2.